The molecule has 0 saturated carbocycles. The van der Waals surface area contributed by atoms with Gasteiger partial charge >= 0.3 is 6.09 Å². The van der Waals surface area contributed by atoms with Crippen molar-refractivity contribution in [3.63, 3.8) is 0 Å². The minimum Gasteiger partial charge on any atom is -0.624 e. The smallest absolute Gasteiger partial charge is 0.407 e. The highest BCUT2D eigenvalue weighted by Crippen LogP contribution is 2.44. The van der Waals surface area contributed by atoms with Crippen LogP contribution in [0.4, 0.5) is 4.79 Å². The predicted octanol–water partition coefficient (Wildman–Crippen LogP) is 2.74. The highest BCUT2D eigenvalue weighted by Gasteiger charge is 2.28. The second-order valence-electron chi connectivity index (χ2n) is 5.44. The third kappa shape index (κ3) is 3.18. The van der Waals surface area contributed by atoms with Gasteiger partial charge < -0.3 is 15.3 Å². The van der Waals surface area contributed by atoms with E-state index in [1.54, 1.807) is 0 Å². The number of hydrogen-bond acceptors (Lipinski definition) is 3. The SMILES string of the molecule is C/[N+]([O-])=C/CNC(=O)OCC1c2ccccc2-c2ccccc21. The van der Waals surface area contributed by atoms with Crippen molar-refractivity contribution in [2.45, 2.75) is 5.92 Å². The van der Waals surface area contributed by atoms with E-state index in [2.05, 4.69) is 29.6 Å². The van der Waals surface area contributed by atoms with Crippen LogP contribution in [-0.2, 0) is 4.74 Å². The maximum absolute atomic E-state index is 11.7. The molecule has 0 spiro atoms. The fourth-order valence-electron chi connectivity index (χ4n) is 2.91. The lowest BCUT2D eigenvalue weighted by atomic mass is 9.98. The summed E-state index contributed by atoms with van der Waals surface area (Å²) in [5.41, 5.74) is 4.73. The van der Waals surface area contributed by atoms with Crippen LogP contribution >= 0.6 is 0 Å². The average molecular weight is 310 g/mol. The topological polar surface area (TPSA) is 64.4 Å². The van der Waals surface area contributed by atoms with Crippen LogP contribution in [0.3, 0.4) is 0 Å². The van der Waals surface area contributed by atoms with Gasteiger partial charge in [0.25, 0.3) is 0 Å². The zero-order valence-electron chi connectivity index (χ0n) is 12.9. The van der Waals surface area contributed by atoms with Crippen LogP contribution < -0.4 is 5.32 Å². The van der Waals surface area contributed by atoms with Crippen LogP contribution in [0.15, 0.2) is 48.5 Å². The number of rotatable bonds is 4. The molecule has 5 heteroatoms. The molecule has 0 saturated heterocycles. The number of ether oxygens (including phenoxy) is 1. The Morgan fingerprint density at radius 3 is 2.30 bits per heavy atom. The number of hydroxylamine groups is 1. The van der Waals surface area contributed by atoms with Crippen molar-refractivity contribution in [1.29, 1.82) is 0 Å². The van der Waals surface area contributed by atoms with Crippen LogP contribution in [0.1, 0.15) is 17.0 Å². The first-order valence-electron chi connectivity index (χ1n) is 7.49. The van der Waals surface area contributed by atoms with Gasteiger partial charge in [0.05, 0.1) is 6.54 Å². The zero-order chi connectivity index (χ0) is 16.2. The molecule has 0 heterocycles. The van der Waals surface area contributed by atoms with Crippen LogP contribution in [0, 0.1) is 5.21 Å². The predicted molar refractivity (Wildman–Crippen MR) is 88.7 cm³/mol. The number of alkyl carbamates (subject to hydrolysis) is 1. The van der Waals surface area contributed by atoms with Gasteiger partial charge in [0.2, 0.25) is 0 Å². The van der Waals surface area contributed by atoms with Crippen LogP contribution in [0.25, 0.3) is 11.1 Å². The standard InChI is InChI=1S/C18H18N2O3/c1-20(22)11-10-19-18(21)23-12-17-15-8-4-2-6-13(15)14-7-3-5-9-16(14)17/h2-9,11,17H,10,12H2,1H3,(H,19,21)/b20-11-. The Hall–Kier alpha value is -2.82. The molecule has 0 fully saturated rings. The fourth-order valence-corrected chi connectivity index (χ4v) is 2.91. The number of carbonyl (C=O) groups is 1. The molecule has 1 aliphatic carbocycles. The highest BCUT2D eigenvalue weighted by atomic mass is 16.5. The number of hydrogen-bond donors (Lipinski definition) is 1. The minimum absolute atomic E-state index is 0.0410. The molecule has 2 aromatic rings. The number of nitrogens with zero attached hydrogens (tertiary/aromatic N) is 1. The summed E-state index contributed by atoms with van der Waals surface area (Å²) in [5.74, 6) is 0.0410. The average Bonchev–Trinajstić information content (AvgIpc) is 2.87. The van der Waals surface area contributed by atoms with Gasteiger partial charge in [-0.15, -0.1) is 0 Å². The summed E-state index contributed by atoms with van der Waals surface area (Å²) in [5, 5.41) is 13.3. The van der Waals surface area contributed by atoms with Crippen molar-refractivity contribution in [3.8, 4) is 11.1 Å². The van der Waals surface area contributed by atoms with E-state index in [4.69, 9.17) is 4.74 Å². The summed E-state index contributed by atoms with van der Waals surface area (Å²) in [6.45, 7) is 0.420. The Labute approximate surface area is 134 Å². The fraction of sp³-hybridized carbons (Fsp3) is 0.222. The van der Waals surface area contributed by atoms with Crippen LogP contribution in [0.5, 0.6) is 0 Å². The summed E-state index contributed by atoms with van der Waals surface area (Å²) in [6.07, 6.45) is 0.798. The van der Waals surface area contributed by atoms with E-state index >= 15 is 0 Å². The van der Waals surface area contributed by atoms with Crippen molar-refractivity contribution in [2.24, 2.45) is 0 Å². The molecule has 0 aliphatic heterocycles. The largest absolute Gasteiger partial charge is 0.624 e. The summed E-state index contributed by atoms with van der Waals surface area (Å²) >= 11 is 0. The molecule has 5 nitrogen and oxygen atoms in total. The number of fused-ring (bicyclic) bond motifs is 3. The molecule has 23 heavy (non-hydrogen) atoms. The molecule has 1 aliphatic rings. The van der Waals surface area contributed by atoms with Gasteiger partial charge in [-0.2, -0.15) is 0 Å². The Balaban J connectivity index is 1.71. The monoisotopic (exact) mass is 310 g/mol. The molecule has 0 atom stereocenters. The first-order chi connectivity index (χ1) is 11.2. The quantitative estimate of drug-likeness (QED) is 0.409. The number of benzene rings is 2. The van der Waals surface area contributed by atoms with Crippen molar-refractivity contribution in [2.75, 3.05) is 20.2 Å². The van der Waals surface area contributed by atoms with E-state index in [0.29, 0.717) is 4.74 Å². The summed E-state index contributed by atoms with van der Waals surface area (Å²) in [6, 6.07) is 16.3. The molecule has 0 unspecified atom stereocenters. The molecule has 1 N–H and O–H groups in total. The van der Waals surface area contributed by atoms with E-state index < -0.39 is 6.09 Å². The zero-order valence-corrected chi connectivity index (χ0v) is 12.9. The van der Waals surface area contributed by atoms with E-state index in [0.717, 1.165) is 0 Å². The third-order valence-electron chi connectivity index (χ3n) is 3.94. The lowest BCUT2D eigenvalue weighted by molar-refractivity contribution is -0.418. The second kappa shape index (κ2) is 6.52. The van der Waals surface area contributed by atoms with Crippen molar-refractivity contribution < 1.29 is 14.3 Å². The lowest BCUT2D eigenvalue weighted by Crippen LogP contribution is -2.28. The number of amides is 1. The minimum atomic E-state index is -0.523. The Bertz CT molecular complexity index is 706. The Morgan fingerprint density at radius 1 is 1.17 bits per heavy atom. The Morgan fingerprint density at radius 2 is 1.74 bits per heavy atom. The van der Waals surface area contributed by atoms with Gasteiger partial charge in [-0.3, -0.25) is 0 Å². The molecule has 3 rings (SSSR count). The van der Waals surface area contributed by atoms with Gasteiger partial charge in [0.1, 0.15) is 13.7 Å². The molecule has 0 bridgehead atoms. The van der Waals surface area contributed by atoms with Gasteiger partial charge in [0.15, 0.2) is 6.21 Å². The summed E-state index contributed by atoms with van der Waals surface area (Å²) < 4.78 is 5.97. The normalized spacial score (nSPS) is 13.3. The maximum atomic E-state index is 11.7. The molecule has 1 amide bonds. The van der Waals surface area contributed by atoms with E-state index in [9.17, 15) is 10.0 Å². The van der Waals surface area contributed by atoms with Crippen molar-refractivity contribution in [3.05, 3.63) is 64.9 Å². The van der Waals surface area contributed by atoms with E-state index in [-0.39, 0.29) is 19.1 Å². The van der Waals surface area contributed by atoms with Crippen molar-refractivity contribution >= 4 is 12.3 Å². The first kappa shape index (κ1) is 15.1. The summed E-state index contributed by atoms with van der Waals surface area (Å²) in [7, 11) is 1.36. The van der Waals surface area contributed by atoms with Crippen molar-refractivity contribution in [1.82, 2.24) is 5.32 Å². The van der Waals surface area contributed by atoms with E-state index in [1.165, 1.54) is 35.5 Å². The molecular weight excluding hydrogens is 292 g/mol. The first-order valence-corrected chi connectivity index (χ1v) is 7.49. The number of nitrogens with one attached hydrogen (secondary N) is 1. The van der Waals surface area contributed by atoms with Gasteiger partial charge in [-0.1, -0.05) is 48.5 Å². The maximum Gasteiger partial charge on any atom is 0.407 e. The molecule has 0 aromatic heterocycles. The third-order valence-corrected chi connectivity index (χ3v) is 3.94. The molecular formula is C18H18N2O3. The molecule has 118 valence electrons. The van der Waals surface area contributed by atoms with Crippen LogP contribution in [-0.4, -0.2) is 37.2 Å². The second-order valence-corrected chi connectivity index (χ2v) is 5.44. The number of carbonyl (C=O) groups excluding carboxylic acids is 1. The van der Waals surface area contributed by atoms with Gasteiger partial charge in [0, 0.05) is 5.92 Å². The molecule has 0 radical (unpaired) electrons. The Kier molecular flexibility index (Phi) is 4.28. The molecule has 2 aromatic carbocycles. The van der Waals surface area contributed by atoms with Gasteiger partial charge in [-0.05, 0) is 22.3 Å². The summed E-state index contributed by atoms with van der Waals surface area (Å²) in [4.78, 5) is 11.7. The van der Waals surface area contributed by atoms with Gasteiger partial charge in [-0.25, -0.2) is 9.53 Å². The highest BCUT2D eigenvalue weighted by molar-refractivity contribution is 5.79. The van der Waals surface area contributed by atoms with E-state index in [1.807, 2.05) is 24.3 Å². The van der Waals surface area contributed by atoms with Crippen LogP contribution in [0.2, 0.25) is 0 Å². The lowest BCUT2D eigenvalue weighted by Gasteiger charge is -2.14.